The maximum absolute atomic E-state index is 10.3. The van der Waals surface area contributed by atoms with Gasteiger partial charge in [-0.05, 0) is 67.9 Å². The lowest BCUT2D eigenvalue weighted by Crippen LogP contribution is -2.42. The molecule has 0 unspecified atom stereocenters. The number of hydrogen-bond acceptors (Lipinski definition) is 3. The van der Waals surface area contributed by atoms with Crippen molar-refractivity contribution in [2.24, 2.45) is 22.7 Å². The van der Waals surface area contributed by atoms with E-state index in [0.717, 1.165) is 31.5 Å². The van der Waals surface area contributed by atoms with Gasteiger partial charge in [-0.3, -0.25) is 0 Å². The van der Waals surface area contributed by atoms with E-state index in [1.807, 2.05) is 0 Å². The zero-order chi connectivity index (χ0) is 16.0. The first-order valence-electron chi connectivity index (χ1n) is 9.35. The maximum atomic E-state index is 10.3. The molecule has 1 saturated heterocycles. The molecule has 3 heteroatoms. The van der Waals surface area contributed by atoms with Crippen LogP contribution in [-0.4, -0.2) is 48.5 Å². The minimum Gasteiger partial charge on any atom is -0.389 e. The second-order valence-corrected chi connectivity index (χ2v) is 9.07. The lowest BCUT2D eigenvalue weighted by molar-refractivity contribution is -0.0802. The zero-order valence-electron chi connectivity index (χ0n) is 15.0. The van der Waals surface area contributed by atoms with Gasteiger partial charge in [0.25, 0.3) is 0 Å². The van der Waals surface area contributed by atoms with Crippen LogP contribution in [0.4, 0.5) is 0 Å². The summed E-state index contributed by atoms with van der Waals surface area (Å²) in [5, 5.41) is 10.3. The largest absolute Gasteiger partial charge is 0.389 e. The number of hydrogen-bond donors (Lipinski definition) is 1. The summed E-state index contributed by atoms with van der Waals surface area (Å²) < 4.78 is 6.22. The molecule has 2 aliphatic carbocycles. The fourth-order valence-electron chi connectivity index (χ4n) is 5.20. The summed E-state index contributed by atoms with van der Waals surface area (Å²) in [6.45, 7) is 13.1. The van der Waals surface area contributed by atoms with E-state index in [1.54, 1.807) is 0 Å². The van der Waals surface area contributed by atoms with Crippen LogP contribution < -0.4 is 0 Å². The predicted molar refractivity (Wildman–Crippen MR) is 89.8 cm³/mol. The average molecular weight is 309 g/mol. The molecule has 0 spiro atoms. The number of rotatable bonds is 5. The van der Waals surface area contributed by atoms with E-state index in [4.69, 9.17) is 4.74 Å². The maximum Gasteiger partial charge on any atom is 0.0900 e. The van der Waals surface area contributed by atoms with Gasteiger partial charge in [0.05, 0.1) is 18.8 Å². The molecule has 128 valence electrons. The number of nitrogens with zero attached hydrogens (tertiary/aromatic N) is 1. The highest BCUT2D eigenvalue weighted by atomic mass is 16.5. The number of fused-ring (bicyclic) bond motifs is 2. The fourth-order valence-corrected chi connectivity index (χ4v) is 5.20. The van der Waals surface area contributed by atoms with Gasteiger partial charge in [0.2, 0.25) is 0 Å². The smallest absolute Gasteiger partial charge is 0.0900 e. The van der Waals surface area contributed by atoms with Gasteiger partial charge in [0, 0.05) is 6.54 Å². The summed E-state index contributed by atoms with van der Waals surface area (Å²) in [5.74, 6) is 1.66. The lowest BCUT2D eigenvalue weighted by atomic mass is 9.70. The quantitative estimate of drug-likeness (QED) is 0.846. The van der Waals surface area contributed by atoms with E-state index in [-0.39, 0.29) is 6.10 Å². The molecule has 0 aromatic rings. The minimum absolute atomic E-state index is 0.304. The van der Waals surface area contributed by atoms with Crippen molar-refractivity contribution in [3.63, 3.8) is 0 Å². The molecule has 0 radical (unpaired) electrons. The predicted octanol–water partition coefficient (Wildman–Crippen LogP) is 3.31. The molecular weight excluding hydrogens is 274 g/mol. The summed E-state index contributed by atoms with van der Waals surface area (Å²) in [7, 11) is 0. The summed E-state index contributed by atoms with van der Waals surface area (Å²) in [4.78, 5) is 2.40. The zero-order valence-corrected chi connectivity index (χ0v) is 15.0. The highest BCUT2D eigenvalue weighted by Crippen LogP contribution is 2.66. The van der Waals surface area contributed by atoms with E-state index in [9.17, 15) is 5.11 Å². The Kier molecular flexibility index (Phi) is 4.61. The van der Waals surface area contributed by atoms with Gasteiger partial charge in [-0.15, -0.1) is 0 Å². The SMILES string of the molecule is CC1CCN(C[C@@H](O)CO[C@H]2C[C@H]3CC[C@@]2(C)C3(C)C)CC1. The van der Waals surface area contributed by atoms with Crippen LogP contribution >= 0.6 is 0 Å². The van der Waals surface area contributed by atoms with Crippen molar-refractivity contribution in [2.45, 2.75) is 72.0 Å². The van der Waals surface area contributed by atoms with E-state index in [2.05, 4.69) is 32.6 Å². The van der Waals surface area contributed by atoms with Crippen LogP contribution in [0.3, 0.4) is 0 Å². The van der Waals surface area contributed by atoms with Crippen LogP contribution in [0.2, 0.25) is 0 Å². The van der Waals surface area contributed by atoms with E-state index in [0.29, 0.717) is 23.5 Å². The van der Waals surface area contributed by atoms with Gasteiger partial charge in [-0.25, -0.2) is 0 Å². The summed E-state index contributed by atoms with van der Waals surface area (Å²) >= 11 is 0. The number of likely N-dealkylation sites (tertiary alicyclic amines) is 1. The van der Waals surface area contributed by atoms with Crippen LogP contribution in [-0.2, 0) is 4.74 Å². The monoisotopic (exact) mass is 309 g/mol. The van der Waals surface area contributed by atoms with Crippen LogP contribution in [0, 0.1) is 22.7 Å². The Bertz CT molecular complexity index is 389. The fraction of sp³-hybridized carbons (Fsp3) is 1.00. The highest BCUT2D eigenvalue weighted by Gasteiger charge is 2.61. The number of piperidine rings is 1. The third-order valence-corrected chi connectivity index (χ3v) is 7.55. The van der Waals surface area contributed by atoms with Crippen LogP contribution in [0.1, 0.15) is 59.8 Å². The van der Waals surface area contributed by atoms with Crippen molar-refractivity contribution < 1.29 is 9.84 Å². The highest BCUT2D eigenvalue weighted by molar-refractivity contribution is 5.11. The Morgan fingerprint density at radius 1 is 1.18 bits per heavy atom. The first-order chi connectivity index (χ1) is 10.3. The Labute approximate surface area is 136 Å². The molecule has 3 nitrogen and oxygen atoms in total. The summed E-state index contributed by atoms with van der Waals surface area (Å²) in [5.41, 5.74) is 0.698. The number of ether oxygens (including phenoxy) is 1. The molecule has 0 aromatic carbocycles. The molecule has 1 aliphatic heterocycles. The second-order valence-electron chi connectivity index (χ2n) is 9.07. The van der Waals surface area contributed by atoms with Crippen LogP contribution in [0.15, 0.2) is 0 Å². The van der Waals surface area contributed by atoms with Gasteiger partial charge in [-0.1, -0.05) is 27.7 Å². The molecule has 0 amide bonds. The number of aliphatic hydroxyl groups is 1. The van der Waals surface area contributed by atoms with Gasteiger partial charge in [0.15, 0.2) is 0 Å². The molecule has 2 saturated carbocycles. The van der Waals surface area contributed by atoms with Crippen molar-refractivity contribution in [1.29, 1.82) is 0 Å². The van der Waals surface area contributed by atoms with E-state index < -0.39 is 0 Å². The van der Waals surface area contributed by atoms with Crippen molar-refractivity contribution in [3.05, 3.63) is 0 Å². The molecule has 3 fully saturated rings. The Morgan fingerprint density at radius 3 is 2.41 bits per heavy atom. The van der Waals surface area contributed by atoms with Crippen LogP contribution in [0.25, 0.3) is 0 Å². The molecule has 0 aromatic heterocycles. The molecule has 1 N–H and O–H groups in total. The Balaban J connectivity index is 1.45. The molecule has 4 atom stereocenters. The average Bonchev–Trinajstić information content (AvgIpc) is 2.80. The van der Waals surface area contributed by atoms with Crippen LogP contribution in [0.5, 0.6) is 0 Å². The van der Waals surface area contributed by atoms with Crippen molar-refractivity contribution in [3.8, 4) is 0 Å². The molecule has 3 rings (SSSR count). The van der Waals surface area contributed by atoms with Crippen molar-refractivity contribution >= 4 is 0 Å². The van der Waals surface area contributed by atoms with Gasteiger partial charge in [-0.2, -0.15) is 0 Å². The first kappa shape index (κ1) is 16.7. The normalized spacial score (nSPS) is 40.2. The number of aliphatic hydroxyl groups excluding tert-OH is 1. The molecular formula is C19H35NO2. The molecule has 2 bridgehead atoms. The van der Waals surface area contributed by atoms with Gasteiger partial charge >= 0.3 is 0 Å². The minimum atomic E-state index is -0.334. The van der Waals surface area contributed by atoms with Crippen molar-refractivity contribution in [2.75, 3.05) is 26.2 Å². The Hall–Kier alpha value is -0.120. The first-order valence-corrected chi connectivity index (χ1v) is 9.35. The van der Waals surface area contributed by atoms with Crippen molar-refractivity contribution in [1.82, 2.24) is 4.90 Å². The second kappa shape index (κ2) is 6.07. The number of β-amino-alcohol motifs (C(OH)–C–C–N with tert-alkyl or cyclic N) is 1. The third kappa shape index (κ3) is 2.85. The van der Waals surface area contributed by atoms with E-state index >= 15 is 0 Å². The Morgan fingerprint density at radius 2 is 1.86 bits per heavy atom. The van der Waals surface area contributed by atoms with E-state index in [1.165, 1.54) is 32.1 Å². The molecule has 22 heavy (non-hydrogen) atoms. The lowest BCUT2D eigenvalue weighted by Gasteiger charge is -2.39. The third-order valence-electron chi connectivity index (χ3n) is 7.55. The van der Waals surface area contributed by atoms with Gasteiger partial charge < -0.3 is 14.7 Å². The van der Waals surface area contributed by atoms with Gasteiger partial charge in [0.1, 0.15) is 0 Å². The standard InChI is InChI=1S/C19H35NO2/c1-14-6-9-20(10-7-14)12-16(21)13-22-17-11-15-5-8-19(17,4)18(15,2)3/h14-17,21H,5-13H2,1-4H3/t15-,16-,17+,19-/m1/s1. The molecule has 3 aliphatic rings. The summed E-state index contributed by atoms with van der Waals surface area (Å²) in [6.07, 6.45) is 6.38. The topological polar surface area (TPSA) is 32.7 Å². The molecule has 1 heterocycles. The summed E-state index contributed by atoms with van der Waals surface area (Å²) in [6, 6.07) is 0.